The van der Waals surface area contributed by atoms with E-state index in [9.17, 15) is 24.3 Å². The average molecular weight is 546 g/mol. The topological polar surface area (TPSA) is 128 Å². The van der Waals surface area contributed by atoms with Crippen LogP contribution in [0.3, 0.4) is 0 Å². The number of aliphatic carboxylic acids is 1. The van der Waals surface area contributed by atoms with Gasteiger partial charge in [-0.15, -0.1) is 0 Å². The first-order valence-electron chi connectivity index (χ1n) is 13.1. The number of carboxylic acids is 1. The van der Waals surface area contributed by atoms with Crippen molar-refractivity contribution in [2.75, 3.05) is 19.8 Å². The lowest BCUT2D eigenvalue weighted by Crippen LogP contribution is -2.42. The van der Waals surface area contributed by atoms with E-state index in [1.807, 2.05) is 48.5 Å². The number of ether oxygens (including phenoxy) is 3. The molecule has 0 spiro atoms. The van der Waals surface area contributed by atoms with Crippen LogP contribution in [-0.4, -0.2) is 55.0 Å². The van der Waals surface area contributed by atoms with Crippen LogP contribution in [-0.2, 0) is 35.0 Å². The van der Waals surface area contributed by atoms with Crippen molar-refractivity contribution in [1.82, 2.24) is 5.32 Å². The molecule has 2 N–H and O–H groups in total. The first-order valence-corrected chi connectivity index (χ1v) is 13.1. The molecule has 1 aliphatic carbocycles. The molecular formula is C31H31NO8. The van der Waals surface area contributed by atoms with Crippen LogP contribution in [0.15, 0.2) is 72.8 Å². The second-order valence-corrected chi connectivity index (χ2v) is 9.24. The second-order valence-electron chi connectivity index (χ2n) is 9.24. The molecule has 0 aliphatic heterocycles. The molecule has 0 saturated heterocycles. The molecule has 1 aliphatic rings. The first kappa shape index (κ1) is 28.4. The lowest BCUT2D eigenvalue weighted by atomic mass is 9.96. The average Bonchev–Trinajstić information content (AvgIpc) is 3.26. The molecule has 0 unspecified atom stereocenters. The number of benzene rings is 3. The molecular weight excluding hydrogens is 514 g/mol. The van der Waals surface area contributed by atoms with E-state index in [0.717, 1.165) is 22.3 Å². The Morgan fingerprint density at radius 2 is 1.30 bits per heavy atom. The molecule has 0 aromatic heterocycles. The van der Waals surface area contributed by atoms with Crippen molar-refractivity contribution in [3.63, 3.8) is 0 Å². The third kappa shape index (κ3) is 6.31. The Balaban J connectivity index is 1.40. The van der Waals surface area contributed by atoms with Crippen LogP contribution in [0.4, 0.5) is 4.79 Å². The number of amides is 1. The molecule has 9 heteroatoms. The Morgan fingerprint density at radius 1 is 0.775 bits per heavy atom. The summed E-state index contributed by atoms with van der Waals surface area (Å²) < 4.78 is 15.5. The van der Waals surface area contributed by atoms with Crippen molar-refractivity contribution < 1.29 is 38.5 Å². The van der Waals surface area contributed by atoms with Crippen molar-refractivity contribution >= 4 is 24.0 Å². The number of alkyl carbamates (subject to hydrolysis) is 1. The van der Waals surface area contributed by atoms with Crippen LogP contribution in [0.2, 0.25) is 0 Å². The van der Waals surface area contributed by atoms with Gasteiger partial charge in [-0.1, -0.05) is 72.8 Å². The van der Waals surface area contributed by atoms with Crippen LogP contribution in [0.5, 0.6) is 0 Å². The summed E-state index contributed by atoms with van der Waals surface area (Å²) in [5, 5.41) is 12.2. The Bertz CT molecular complexity index is 1320. The second kappa shape index (κ2) is 12.9. The normalized spacial score (nSPS) is 12.7. The van der Waals surface area contributed by atoms with E-state index in [2.05, 4.69) is 5.32 Å². The fourth-order valence-corrected chi connectivity index (χ4v) is 4.88. The summed E-state index contributed by atoms with van der Waals surface area (Å²) in [5.41, 5.74) is 5.21. The number of esters is 2. The third-order valence-electron chi connectivity index (χ3n) is 6.73. The molecule has 4 rings (SSSR count). The fourth-order valence-electron chi connectivity index (χ4n) is 4.88. The van der Waals surface area contributed by atoms with Gasteiger partial charge in [0.25, 0.3) is 0 Å². The van der Waals surface area contributed by atoms with Crippen molar-refractivity contribution in [2.45, 2.75) is 38.1 Å². The number of carbonyl (C=O) groups excluding carboxylic acids is 3. The molecule has 9 nitrogen and oxygen atoms in total. The Morgan fingerprint density at radius 3 is 1.80 bits per heavy atom. The lowest BCUT2D eigenvalue weighted by molar-refractivity contribution is -0.157. The van der Waals surface area contributed by atoms with Crippen molar-refractivity contribution in [3.05, 3.63) is 95.1 Å². The third-order valence-corrected chi connectivity index (χ3v) is 6.73. The van der Waals surface area contributed by atoms with E-state index >= 15 is 0 Å². The number of hydrogen-bond acceptors (Lipinski definition) is 7. The Kier molecular flexibility index (Phi) is 9.16. The summed E-state index contributed by atoms with van der Waals surface area (Å²) in [7, 11) is 0. The van der Waals surface area contributed by atoms with E-state index < -0.39 is 36.0 Å². The summed E-state index contributed by atoms with van der Waals surface area (Å²) in [6.07, 6.45) is -0.876. The van der Waals surface area contributed by atoms with E-state index in [-0.39, 0.29) is 32.2 Å². The minimum atomic E-state index is -1.26. The maximum atomic E-state index is 12.6. The van der Waals surface area contributed by atoms with E-state index in [1.54, 1.807) is 38.1 Å². The quantitative estimate of drug-likeness (QED) is 0.206. The zero-order chi connectivity index (χ0) is 28.6. The number of nitrogens with one attached hydrogen (secondary N) is 1. The molecule has 0 bridgehead atoms. The van der Waals surface area contributed by atoms with Gasteiger partial charge in [0.15, 0.2) is 5.92 Å². The zero-order valence-electron chi connectivity index (χ0n) is 22.3. The maximum Gasteiger partial charge on any atom is 0.407 e. The number of hydrogen-bond donors (Lipinski definition) is 2. The predicted octanol–water partition coefficient (Wildman–Crippen LogP) is 4.43. The highest BCUT2D eigenvalue weighted by Gasteiger charge is 2.32. The molecule has 1 amide bonds. The van der Waals surface area contributed by atoms with Gasteiger partial charge >= 0.3 is 24.0 Å². The van der Waals surface area contributed by atoms with E-state index in [0.29, 0.717) is 11.1 Å². The largest absolute Gasteiger partial charge is 0.480 e. The highest BCUT2D eigenvalue weighted by Crippen LogP contribution is 2.44. The smallest absolute Gasteiger partial charge is 0.407 e. The summed E-state index contributed by atoms with van der Waals surface area (Å²) >= 11 is 0. The van der Waals surface area contributed by atoms with Gasteiger partial charge in [-0.25, -0.2) is 9.59 Å². The van der Waals surface area contributed by atoms with E-state index in [4.69, 9.17) is 14.2 Å². The van der Waals surface area contributed by atoms with Crippen LogP contribution < -0.4 is 5.32 Å². The minimum Gasteiger partial charge on any atom is -0.480 e. The zero-order valence-corrected chi connectivity index (χ0v) is 22.3. The van der Waals surface area contributed by atoms with Crippen LogP contribution in [0.1, 0.15) is 47.9 Å². The Hall–Kier alpha value is -4.66. The fraction of sp³-hybridized carbons (Fsp3) is 0.290. The maximum absolute atomic E-state index is 12.6. The van der Waals surface area contributed by atoms with Crippen LogP contribution in [0.25, 0.3) is 11.1 Å². The van der Waals surface area contributed by atoms with E-state index in [1.165, 1.54) is 0 Å². The van der Waals surface area contributed by atoms with Gasteiger partial charge in [-0.2, -0.15) is 0 Å². The summed E-state index contributed by atoms with van der Waals surface area (Å²) in [6, 6.07) is 20.9. The van der Waals surface area contributed by atoms with Gasteiger partial charge in [0.2, 0.25) is 0 Å². The number of carbonyl (C=O) groups is 4. The van der Waals surface area contributed by atoms with Gasteiger partial charge in [0.1, 0.15) is 12.6 Å². The molecule has 3 aromatic carbocycles. The van der Waals surface area contributed by atoms with Crippen molar-refractivity contribution in [1.29, 1.82) is 0 Å². The predicted molar refractivity (Wildman–Crippen MR) is 146 cm³/mol. The molecule has 0 heterocycles. The molecule has 40 heavy (non-hydrogen) atoms. The van der Waals surface area contributed by atoms with Gasteiger partial charge in [-0.05, 0) is 47.2 Å². The SMILES string of the molecule is CCOC(=O)C(C(=O)OCC)c1ccc(C[C@H](NC(=O)OCC2c3ccccc3-c3ccccc32)C(=O)O)cc1. The Labute approximate surface area is 232 Å². The van der Waals surface area contributed by atoms with Crippen molar-refractivity contribution in [2.24, 2.45) is 0 Å². The first-order chi connectivity index (χ1) is 19.3. The molecule has 0 radical (unpaired) electrons. The van der Waals surface area contributed by atoms with Gasteiger partial charge in [0, 0.05) is 12.3 Å². The minimum absolute atomic E-state index is 0.0384. The summed E-state index contributed by atoms with van der Waals surface area (Å²) in [4.78, 5) is 49.3. The van der Waals surface area contributed by atoms with Gasteiger partial charge in [0.05, 0.1) is 13.2 Å². The lowest BCUT2D eigenvalue weighted by Gasteiger charge is -2.18. The molecule has 208 valence electrons. The standard InChI is InChI=1S/C31H31NO8/c1-3-38-29(35)27(30(36)39-4-2)20-15-13-19(14-16-20)17-26(28(33)34)32-31(37)40-18-25-23-11-7-5-9-21(23)22-10-6-8-12-24(22)25/h5-16,25-27H,3-4,17-18H2,1-2H3,(H,32,37)(H,33,34)/t26-/m0/s1. The molecule has 0 saturated carbocycles. The number of rotatable bonds is 11. The highest BCUT2D eigenvalue weighted by atomic mass is 16.6. The van der Waals surface area contributed by atoms with Crippen LogP contribution >= 0.6 is 0 Å². The number of carboxylic acid groups (broad SMARTS) is 1. The molecule has 1 atom stereocenters. The number of fused-ring (bicyclic) bond motifs is 3. The van der Waals surface area contributed by atoms with Gasteiger partial charge < -0.3 is 24.6 Å². The van der Waals surface area contributed by atoms with Crippen LogP contribution in [0, 0.1) is 0 Å². The monoisotopic (exact) mass is 545 g/mol. The van der Waals surface area contributed by atoms with Crippen molar-refractivity contribution in [3.8, 4) is 11.1 Å². The van der Waals surface area contributed by atoms with Gasteiger partial charge in [-0.3, -0.25) is 9.59 Å². The summed E-state index contributed by atoms with van der Waals surface area (Å²) in [5.74, 6) is -4.08. The summed E-state index contributed by atoms with van der Waals surface area (Å²) in [6.45, 7) is 3.55. The highest BCUT2D eigenvalue weighted by molar-refractivity contribution is 6.00. The molecule has 0 fully saturated rings. The molecule has 3 aromatic rings.